The fraction of sp³-hybridized carbons (Fsp3) is 0.917. The average Bonchev–Trinajstić information content (AvgIpc) is 2.24. The zero-order chi connectivity index (χ0) is 11.2. The molecule has 0 saturated heterocycles. The van der Waals surface area contributed by atoms with Crippen LogP contribution in [0.5, 0.6) is 0 Å². The fourth-order valence-electron chi connectivity index (χ4n) is 4.73. The first-order valence-corrected chi connectivity index (χ1v) is 6.32. The Morgan fingerprint density at radius 1 is 1.19 bits per heavy atom. The summed E-state index contributed by atoms with van der Waals surface area (Å²) in [6.07, 6.45) is 7.55. The third-order valence-electron chi connectivity index (χ3n) is 4.79. The standard InChI is InChI=1S/C12H20N2O2/c13-14-11(15)16-7-12-4-8-1-9(5-12)3-10(2-8)6-12/h8-10H,1-7,13H2,(H,14,15). The van der Waals surface area contributed by atoms with E-state index in [4.69, 9.17) is 10.6 Å². The van der Waals surface area contributed by atoms with E-state index in [0.29, 0.717) is 12.0 Å². The third kappa shape index (κ3) is 1.69. The lowest BCUT2D eigenvalue weighted by molar-refractivity contribution is -0.0820. The van der Waals surface area contributed by atoms with Gasteiger partial charge in [0.1, 0.15) is 0 Å². The van der Waals surface area contributed by atoms with Crippen LogP contribution in [-0.2, 0) is 4.74 Å². The molecule has 90 valence electrons. The minimum atomic E-state index is -0.490. The van der Waals surface area contributed by atoms with Gasteiger partial charge in [0.2, 0.25) is 0 Å². The number of rotatable bonds is 2. The summed E-state index contributed by atoms with van der Waals surface area (Å²) >= 11 is 0. The molecule has 0 atom stereocenters. The van der Waals surface area contributed by atoms with E-state index in [0.717, 1.165) is 17.8 Å². The average molecular weight is 224 g/mol. The summed E-state index contributed by atoms with van der Waals surface area (Å²) in [6, 6.07) is 0. The second kappa shape index (κ2) is 3.62. The van der Waals surface area contributed by atoms with Crippen LogP contribution in [0, 0.1) is 23.2 Å². The highest BCUT2D eigenvalue weighted by Gasteiger charge is 2.51. The first-order chi connectivity index (χ1) is 7.69. The molecule has 0 aromatic heterocycles. The van der Waals surface area contributed by atoms with Gasteiger partial charge >= 0.3 is 6.09 Å². The smallest absolute Gasteiger partial charge is 0.421 e. The molecule has 4 saturated carbocycles. The number of carbonyl (C=O) groups is 1. The van der Waals surface area contributed by atoms with Gasteiger partial charge in [0, 0.05) is 5.41 Å². The molecule has 4 bridgehead atoms. The molecule has 16 heavy (non-hydrogen) atoms. The first kappa shape index (κ1) is 10.4. The van der Waals surface area contributed by atoms with Crippen LogP contribution in [0.4, 0.5) is 4.79 Å². The number of hydrogen-bond donors (Lipinski definition) is 2. The van der Waals surface area contributed by atoms with E-state index < -0.39 is 6.09 Å². The SMILES string of the molecule is NNC(=O)OCC12CC3CC(CC(C3)C1)C2. The highest BCUT2D eigenvalue weighted by atomic mass is 16.6. The molecule has 4 nitrogen and oxygen atoms in total. The summed E-state index contributed by atoms with van der Waals surface area (Å²) in [7, 11) is 0. The van der Waals surface area contributed by atoms with Crippen molar-refractivity contribution in [2.75, 3.05) is 6.61 Å². The van der Waals surface area contributed by atoms with Crippen molar-refractivity contribution in [2.24, 2.45) is 29.0 Å². The number of nitrogens with two attached hydrogens (primary N) is 1. The van der Waals surface area contributed by atoms with Crippen LogP contribution in [0.2, 0.25) is 0 Å². The zero-order valence-electron chi connectivity index (χ0n) is 9.58. The van der Waals surface area contributed by atoms with E-state index in [-0.39, 0.29) is 0 Å². The van der Waals surface area contributed by atoms with Gasteiger partial charge in [-0.3, -0.25) is 5.43 Å². The van der Waals surface area contributed by atoms with E-state index in [2.05, 4.69) is 0 Å². The molecule has 3 N–H and O–H groups in total. The Bertz CT molecular complexity index is 268. The highest BCUT2D eigenvalue weighted by molar-refractivity contribution is 5.66. The summed E-state index contributed by atoms with van der Waals surface area (Å²) in [5, 5.41) is 0. The van der Waals surface area contributed by atoms with E-state index in [1.165, 1.54) is 38.5 Å². The van der Waals surface area contributed by atoms with E-state index >= 15 is 0 Å². The monoisotopic (exact) mass is 224 g/mol. The van der Waals surface area contributed by atoms with E-state index in [1.54, 1.807) is 0 Å². The van der Waals surface area contributed by atoms with Gasteiger partial charge in [0.05, 0.1) is 6.61 Å². The molecule has 0 aromatic rings. The molecular weight excluding hydrogens is 204 g/mol. The number of nitrogens with one attached hydrogen (secondary N) is 1. The highest BCUT2D eigenvalue weighted by Crippen LogP contribution is 2.59. The number of amides is 1. The van der Waals surface area contributed by atoms with Gasteiger partial charge in [0.15, 0.2) is 0 Å². The Morgan fingerprint density at radius 2 is 1.69 bits per heavy atom. The Hall–Kier alpha value is -0.770. The van der Waals surface area contributed by atoms with Gasteiger partial charge in [-0.1, -0.05) is 0 Å². The van der Waals surface area contributed by atoms with E-state index in [1.807, 2.05) is 5.43 Å². The van der Waals surface area contributed by atoms with Gasteiger partial charge in [0.25, 0.3) is 0 Å². The number of hydrogen-bond acceptors (Lipinski definition) is 3. The Balaban J connectivity index is 1.67. The summed E-state index contributed by atoms with van der Waals surface area (Å²) < 4.78 is 5.20. The third-order valence-corrected chi connectivity index (χ3v) is 4.79. The Morgan fingerprint density at radius 3 is 2.12 bits per heavy atom. The largest absolute Gasteiger partial charge is 0.448 e. The quantitative estimate of drug-likeness (QED) is 0.427. The van der Waals surface area contributed by atoms with Crippen molar-refractivity contribution < 1.29 is 9.53 Å². The van der Waals surface area contributed by atoms with Gasteiger partial charge in [-0.2, -0.15) is 0 Å². The molecule has 0 unspecified atom stereocenters. The fourth-order valence-corrected chi connectivity index (χ4v) is 4.73. The van der Waals surface area contributed by atoms with Crippen LogP contribution in [0.3, 0.4) is 0 Å². The number of carbonyl (C=O) groups excluding carboxylic acids is 1. The molecule has 0 spiro atoms. The molecule has 4 aliphatic rings. The maximum Gasteiger partial charge on any atom is 0.421 e. The molecular formula is C12H20N2O2. The van der Waals surface area contributed by atoms with E-state index in [9.17, 15) is 4.79 Å². The Labute approximate surface area is 95.9 Å². The first-order valence-electron chi connectivity index (χ1n) is 6.32. The van der Waals surface area contributed by atoms with Crippen LogP contribution < -0.4 is 11.3 Å². The summed E-state index contributed by atoms with van der Waals surface area (Å²) in [6.45, 7) is 0.569. The second-order valence-electron chi connectivity index (χ2n) is 6.14. The van der Waals surface area contributed by atoms with Crippen molar-refractivity contribution in [2.45, 2.75) is 38.5 Å². The van der Waals surface area contributed by atoms with Crippen molar-refractivity contribution in [3.63, 3.8) is 0 Å². The topological polar surface area (TPSA) is 64.3 Å². The minimum absolute atomic E-state index is 0.293. The number of hydrazine groups is 1. The van der Waals surface area contributed by atoms with Crippen LogP contribution in [-0.4, -0.2) is 12.7 Å². The lowest BCUT2D eigenvalue weighted by atomic mass is 9.50. The predicted molar refractivity (Wildman–Crippen MR) is 59.3 cm³/mol. The number of ether oxygens (including phenoxy) is 1. The molecule has 1 amide bonds. The minimum Gasteiger partial charge on any atom is -0.448 e. The van der Waals surface area contributed by atoms with Crippen molar-refractivity contribution >= 4 is 6.09 Å². The summed E-state index contributed by atoms with van der Waals surface area (Å²) in [4.78, 5) is 11.0. The maximum absolute atomic E-state index is 11.0. The van der Waals surface area contributed by atoms with Crippen LogP contribution in [0.15, 0.2) is 0 Å². The van der Waals surface area contributed by atoms with Crippen LogP contribution >= 0.6 is 0 Å². The molecule has 4 aliphatic carbocycles. The molecule has 0 aliphatic heterocycles. The van der Waals surface area contributed by atoms with Gasteiger partial charge in [-0.25, -0.2) is 10.6 Å². The van der Waals surface area contributed by atoms with Gasteiger partial charge in [-0.05, 0) is 56.3 Å². The molecule has 0 radical (unpaired) electrons. The maximum atomic E-state index is 11.0. The molecule has 4 rings (SSSR count). The lowest BCUT2D eigenvalue weighted by Crippen LogP contribution is -2.49. The molecule has 4 heteroatoms. The zero-order valence-corrected chi connectivity index (χ0v) is 9.58. The van der Waals surface area contributed by atoms with Crippen LogP contribution in [0.25, 0.3) is 0 Å². The van der Waals surface area contributed by atoms with Crippen molar-refractivity contribution in [3.05, 3.63) is 0 Å². The van der Waals surface area contributed by atoms with Crippen molar-refractivity contribution in [3.8, 4) is 0 Å². The van der Waals surface area contributed by atoms with Gasteiger partial charge < -0.3 is 4.74 Å². The van der Waals surface area contributed by atoms with Crippen molar-refractivity contribution in [1.82, 2.24) is 5.43 Å². The predicted octanol–water partition coefficient (Wildman–Crippen LogP) is 1.80. The normalized spacial score (nSPS) is 44.4. The molecule has 4 fully saturated rings. The van der Waals surface area contributed by atoms with Gasteiger partial charge in [-0.15, -0.1) is 0 Å². The second-order valence-corrected chi connectivity index (χ2v) is 6.14. The Kier molecular flexibility index (Phi) is 2.35. The molecule has 0 aromatic carbocycles. The van der Waals surface area contributed by atoms with Crippen molar-refractivity contribution in [1.29, 1.82) is 0 Å². The summed E-state index contributed by atoms with van der Waals surface area (Å²) in [5.74, 6) is 7.72. The van der Waals surface area contributed by atoms with Crippen LogP contribution in [0.1, 0.15) is 38.5 Å². The summed E-state index contributed by atoms with van der Waals surface area (Å²) in [5.41, 5.74) is 2.33. The lowest BCUT2D eigenvalue weighted by Gasteiger charge is -2.56. The molecule has 0 heterocycles.